The summed E-state index contributed by atoms with van der Waals surface area (Å²) < 4.78 is 9.58. The lowest BCUT2D eigenvalue weighted by atomic mass is 9.96. The molecule has 0 aromatic carbocycles. The number of ether oxygens (including phenoxy) is 2. The van der Waals surface area contributed by atoms with Gasteiger partial charge < -0.3 is 35.0 Å². The van der Waals surface area contributed by atoms with Crippen LogP contribution in [0, 0.1) is 0 Å². The number of carboxylic acid groups (broad SMARTS) is 2. The number of carboxylic acids is 2. The van der Waals surface area contributed by atoms with Gasteiger partial charge in [0, 0.05) is 6.42 Å². The van der Waals surface area contributed by atoms with Crippen LogP contribution in [0.3, 0.4) is 0 Å². The minimum atomic E-state index is -2.62. The predicted octanol–water partition coefficient (Wildman–Crippen LogP) is 5.54. The van der Waals surface area contributed by atoms with E-state index in [0.29, 0.717) is 12.8 Å². The number of unbranched alkanes of at least 4 members (excludes halogenated alkanes) is 16. The Morgan fingerprint density at radius 2 is 1.07 bits per heavy atom. The Balaban J connectivity index is 0. The van der Waals surface area contributed by atoms with Gasteiger partial charge in [-0.15, -0.1) is 0 Å². The molecule has 43 heavy (non-hydrogen) atoms. The van der Waals surface area contributed by atoms with Crippen LogP contribution in [-0.2, 0) is 28.7 Å². The van der Waals surface area contributed by atoms with Gasteiger partial charge in [0.15, 0.2) is 5.60 Å². The normalized spacial score (nSPS) is 12.9. The third kappa shape index (κ3) is 29.6. The van der Waals surface area contributed by atoms with Crippen molar-refractivity contribution in [2.24, 2.45) is 0 Å². The molecule has 5 N–H and O–H groups in total. The van der Waals surface area contributed by atoms with Gasteiger partial charge in [0.2, 0.25) is 0 Å². The van der Waals surface area contributed by atoms with Gasteiger partial charge in [0.05, 0.1) is 26.1 Å². The van der Waals surface area contributed by atoms with Gasteiger partial charge in [-0.1, -0.05) is 117 Å². The highest BCUT2D eigenvalue weighted by Crippen LogP contribution is 2.17. The quantitative estimate of drug-likeness (QED) is 0.0545. The molecule has 0 aromatic heterocycles. The van der Waals surface area contributed by atoms with Crippen LogP contribution in [0.5, 0.6) is 0 Å². The largest absolute Gasteiger partial charge is 0.481 e. The summed E-state index contributed by atoms with van der Waals surface area (Å²) in [5.74, 6) is -4.45. The van der Waals surface area contributed by atoms with E-state index in [1.54, 1.807) is 0 Å². The molecule has 0 bridgehead atoms. The van der Waals surface area contributed by atoms with Crippen LogP contribution in [-0.4, -0.2) is 80.9 Å². The van der Waals surface area contributed by atoms with E-state index < -0.39 is 42.5 Å². The number of aliphatic carboxylic acids is 2. The minimum Gasteiger partial charge on any atom is -0.481 e. The number of carbonyl (C=O) groups is 4. The summed E-state index contributed by atoms with van der Waals surface area (Å²) in [6.07, 6.45) is 19.6. The topological polar surface area (TPSA) is 188 Å². The van der Waals surface area contributed by atoms with Crippen LogP contribution in [0.1, 0.15) is 149 Å². The fourth-order valence-electron chi connectivity index (χ4n) is 4.25. The summed E-state index contributed by atoms with van der Waals surface area (Å²) >= 11 is 0. The molecule has 0 fully saturated rings. The standard InChI is InChI=1S/C21H42O4.C11H18O7/c1-2-3-4-5-6-7-8-9-10-11-12-13-14-15-16-17-21(24)25-19-20(23)18-22;1-2-3-4-5-18-9(14)7-11(17,10(15)16)6-8(12)13/h20,22-23H,2-19H2,1H3;17H,2-7H2,1H3,(H,12,13)(H,15,16). The lowest BCUT2D eigenvalue weighted by molar-refractivity contribution is -0.172. The molecule has 0 aliphatic carbocycles. The molecule has 0 spiro atoms. The van der Waals surface area contributed by atoms with E-state index in [1.807, 2.05) is 6.92 Å². The summed E-state index contributed by atoms with van der Waals surface area (Å²) in [7, 11) is 0. The van der Waals surface area contributed by atoms with Gasteiger partial charge in [-0.3, -0.25) is 14.4 Å². The number of aliphatic hydroxyl groups is 3. The van der Waals surface area contributed by atoms with E-state index in [1.165, 1.54) is 83.5 Å². The third-order valence-electron chi connectivity index (χ3n) is 6.92. The molecule has 0 aliphatic rings. The van der Waals surface area contributed by atoms with Crippen molar-refractivity contribution in [3.8, 4) is 0 Å². The maximum atomic E-state index is 11.4. The number of hydrogen-bond donors (Lipinski definition) is 5. The van der Waals surface area contributed by atoms with Crippen LogP contribution in [0.15, 0.2) is 0 Å². The average molecular weight is 621 g/mol. The molecule has 0 saturated carbocycles. The highest BCUT2D eigenvalue weighted by Gasteiger charge is 2.41. The van der Waals surface area contributed by atoms with Crippen LogP contribution < -0.4 is 0 Å². The molecule has 0 aromatic rings. The second-order valence-corrected chi connectivity index (χ2v) is 11.2. The highest BCUT2D eigenvalue weighted by atomic mass is 16.5. The molecular weight excluding hydrogens is 560 g/mol. The molecule has 11 heteroatoms. The molecule has 0 amide bonds. The highest BCUT2D eigenvalue weighted by molar-refractivity contribution is 5.88. The predicted molar refractivity (Wildman–Crippen MR) is 164 cm³/mol. The maximum Gasteiger partial charge on any atom is 0.336 e. The van der Waals surface area contributed by atoms with Gasteiger partial charge in [0.25, 0.3) is 0 Å². The summed E-state index contributed by atoms with van der Waals surface area (Å²) in [5.41, 5.74) is -2.62. The molecule has 11 nitrogen and oxygen atoms in total. The second-order valence-electron chi connectivity index (χ2n) is 11.2. The van der Waals surface area contributed by atoms with E-state index in [9.17, 15) is 24.3 Å². The first kappa shape index (κ1) is 42.9. The second kappa shape index (κ2) is 29.8. The zero-order valence-corrected chi connectivity index (χ0v) is 26.7. The van der Waals surface area contributed by atoms with Gasteiger partial charge in [-0.05, 0) is 12.8 Å². The molecule has 0 saturated heterocycles. The molecule has 2 atom stereocenters. The van der Waals surface area contributed by atoms with Gasteiger partial charge in [0.1, 0.15) is 12.7 Å². The first-order valence-electron chi connectivity index (χ1n) is 16.3. The Morgan fingerprint density at radius 1 is 0.628 bits per heavy atom. The van der Waals surface area contributed by atoms with Crippen molar-refractivity contribution in [3.05, 3.63) is 0 Å². The minimum absolute atomic E-state index is 0.103. The maximum absolute atomic E-state index is 11.4. The number of rotatable bonds is 28. The summed E-state index contributed by atoms with van der Waals surface area (Å²) in [6, 6.07) is 0. The van der Waals surface area contributed by atoms with E-state index in [2.05, 4.69) is 6.92 Å². The monoisotopic (exact) mass is 620 g/mol. The molecular formula is C32H60O11. The first-order valence-corrected chi connectivity index (χ1v) is 16.3. The van der Waals surface area contributed by atoms with E-state index >= 15 is 0 Å². The van der Waals surface area contributed by atoms with Crippen LogP contribution in [0.25, 0.3) is 0 Å². The smallest absolute Gasteiger partial charge is 0.336 e. The lowest BCUT2D eigenvalue weighted by Crippen LogP contribution is -2.43. The zero-order chi connectivity index (χ0) is 32.8. The Labute approximate surface area is 258 Å². The molecule has 0 heterocycles. The van der Waals surface area contributed by atoms with Crippen molar-refractivity contribution in [2.75, 3.05) is 19.8 Å². The van der Waals surface area contributed by atoms with Crippen LogP contribution in [0.4, 0.5) is 0 Å². The van der Waals surface area contributed by atoms with Crippen LogP contribution >= 0.6 is 0 Å². The SMILES string of the molecule is CCCCCCCCCCCCCCCCCC(=O)OCC(O)CO.CCCCCOC(=O)CC(O)(CC(=O)O)C(=O)O. The van der Waals surface area contributed by atoms with Crippen molar-refractivity contribution in [3.63, 3.8) is 0 Å². The fraction of sp³-hybridized carbons (Fsp3) is 0.875. The number of aliphatic hydroxyl groups excluding tert-OH is 2. The number of esters is 2. The molecule has 2 unspecified atom stereocenters. The van der Waals surface area contributed by atoms with Crippen molar-refractivity contribution >= 4 is 23.9 Å². The summed E-state index contributed by atoms with van der Waals surface area (Å²) in [4.78, 5) is 43.8. The molecule has 0 rings (SSSR count). The van der Waals surface area contributed by atoms with Gasteiger partial charge in [-0.2, -0.15) is 0 Å². The summed E-state index contributed by atoms with van der Waals surface area (Å²) in [6.45, 7) is 3.90. The average Bonchev–Trinajstić information content (AvgIpc) is 2.95. The van der Waals surface area contributed by atoms with E-state index in [-0.39, 0.29) is 25.8 Å². The Bertz CT molecular complexity index is 713. The van der Waals surface area contributed by atoms with Gasteiger partial charge in [-0.25, -0.2) is 4.79 Å². The Morgan fingerprint density at radius 3 is 1.49 bits per heavy atom. The van der Waals surface area contributed by atoms with E-state index in [0.717, 1.165) is 25.7 Å². The fourth-order valence-corrected chi connectivity index (χ4v) is 4.25. The first-order chi connectivity index (χ1) is 20.5. The van der Waals surface area contributed by atoms with Crippen molar-refractivity contribution in [1.29, 1.82) is 0 Å². The Kier molecular flexibility index (Phi) is 29.7. The summed E-state index contributed by atoms with van der Waals surface area (Å²) in [5, 5.41) is 44.5. The number of hydrogen-bond acceptors (Lipinski definition) is 9. The molecule has 0 radical (unpaired) electrons. The number of carbonyl (C=O) groups excluding carboxylic acids is 2. The Hall–Kier alpha value is -2.24. The molecule has 254 valence electrons. The molecule has 0 aliphatic heterocycles. The third-order valence-corrected chi connectivity index (χ3v) is 6.92. The van der Waals surface area contributed by atoms with Crippen LogP contribution in [0.2, 0.25) is 0 Å². The lowest BCUT2D eigenvalue weighted by Gasteiger charge is -2.20. The van der Waals surface area contributed by atoms with Crippen molar-refractivity contribution in [1.82, 2.24) is 0 Å². The van der Waals surface area contributed by atoms with Crippen molar-refractivity contribution in [2.45, 2.75) is 160 Å². The van der Waals surface area contributed by atoms with Crippen molar-refractivity contribution < 1.29 is 54.2 Å². The zero-order valence-electron chi connectivity index (χ0n) is 26.7. The van der Waals surface area contributed by atoms with Gasteiger partial charge >= 0.3 is 23.9 Å². The van der Waals surface area contributed by atoms with E-state index in [4.69, 9.17) is 29.9 Å².